The summed E-state index contributed by atoms with van der Waals surface area (Å²) in [6.07, 6.45) is -3.23. The largest absolute Gasteiger partial charge is 0.469 e. The molecule has 2 heterocycles. The molecule has 2 aromatic heterocycles. The van der Waals surface area contributed by atoms with E-state index in [0.717, 1.165) is 6.20 Å². The molecule has 0 amide bonds. The Hall–Kier alpha value is -2.76. The number of nitrogens with one attached hydrogen (secondary N) is 1. The summed E-state index contributed by atoms with van der Waals surface area (Å²) in [7, 11) is 0. The van der Waals surface area contributed by atoms with Gasteiger partial charge in [0.1, 0.15) is 23.7 Å². The van der Waals surface area contributed by atoms with E-state index in [1.807, 2.05) is 0 Å². The van der Waals surface area contributed by atoms with Crippen LogP contribution in [-0.4, -0.2) is 9.55 Å². The second-order valence-electron chi connectivity index (χ2n) is 4.19. The third-order valence-electron chi connectivity index (χ3n) is 2.91. The lowest BCUT2D eigenvalue weighted by atomic mass is 10.1. The van der Waals surface area contributed by atoms with Crippen molar-refractivity contribution in [2.75, 3.05) is 0 Å². The number of nitriles is 1. The minimum atomic E-state index is -4.67. The zero-order valence-corrected chi connectivity index (χ0v) is 10.6. The van der Waals surface area contributed by atoms with Crippen molar-refractivity contribution < 1.29 is 17.6 Å². The van der Waals surface area contributed by atoms with Gasteiger partial charge in [-0.1, -0.05) is 0 Å². The molecular formula is C12H8F3N3O3. The summed E-state index contributed by atoms with van der Waals surface area (Å²) in [4.78, 5) is 25.5. The second-order valence-corrected chi connectivity index (χ2v) is 4.19. The zero-order chi connectivity index (χ0) is 15.8. The van der Waals surface area contributed by atoms with Crippen LogP contribution in [0.3, 0.4) is 0 Å². The van der Waals surface area contributed by atoms with Crippen LogP contribution in [0, 0.1) is 18.3 Å². The number of hydrogen-bond acceptors (Lipinski definition) is 4. The Balaban J connectivity index is 2.60. The molecule has 110 valence electrons. The Morgan fingerprint density at radius 3 is 2.67 bits per heavy atom. The van der Waals surface area contributed by atoms with E-state index < -0.39 is 29.5 Å². The van der Waals surface area contributed by atoms with Crippen LogP contribution in [0.2, 0.25) is 0 Å². The summed E-state index contributed by atoms with van der Waals surface area (Å²) in [6.45, 7) is 0.652. The van der Waals surface area contributed by atoms with Crippen molar-refractivity contribution in [1.82, 2.24) is 9.55 Å². The molecule has 0 fully saturated rings. The summed E-state index contributed by atoms with van der Waals surface area (Å²) in [5.41, 5.74) is -3.63. The lowest BCUT2D eigenvalue weighted by Crippen LogP contribution is -2.36. The van der Waals surface area contributed by atoms with Gasteiger partial charge in [-0.15, -0.1) is 0 Å². The van der Waals surface area contributed by atoms with Crippen molar-refractivity contribution in [3.63, 3.8) is 0 Å². The predicted octanol–water partition coefficient (Wildman–Crippen LogP) is 1.38. The van der Waals surface area contributed by atoms with Gasteiger partial charge in [0.2, 0.25) is 0 Å². The molecule has 0 atom stereocenters. The van der Waals surface area contributed by atoms with E-state index in [4.69, 9.17) is 9.68 Å². The van der Waals surface area contributed by atoms with Gasteiger partial charge in [-0.25, -0.2) is 4.79 Å². The lowest BCUT2D eigenvalue weighted by Gasteiger charge is -2.09. The molecule has 0 saturated carbocycles. The Kier molecular flexibility index (Phi) is 3.47. The summed E-state index contributed by atoms with van der Waals surface area (Å²) in [5, 5.41) is 8.71. The number of H-pyrrole nitrogens is 1. The first-order valence-corrected chi connectivity index (χ1v) is 5.62. The molecule has 2 rings (SSSR count). The number of aromatic nitrogens is 2. The molecule has 0 aliphatic carbocycles. The van der Waals surface area contributed by atoms with Crippen LogP contribution in [0.1, 0.15) is 22.5 Å². The highest BCUT2D eigenvalue weighted by Crippen LogP contribution is 2.34. The van der Waals surface area contributed by atoms with Gasteiger partial charge >= 0.3 is 11.9 Å². The number of aromatic amines is 1. The number of rotatable bonds is 2. The number of aryl methyl sites for hydroxylation is 1. The van der Waals surface area contributed by atoms with Crippen molar-refractivity contribution in [2.45, 2.75) is 19.6 Å². The summed E-state index contributed by atoms with van der Waals surface area (Å²) < 4.78 is 43.7. The summed E-state index contributed by atoms with van der Waals surface area (Å²) in [6, 6.07) is 1.55. The van der Waals surface area contributed by atoms with Crippen molar-refractivity contribution >= 4 is 0 Å². The monoisotopic (exact) mass is 299 g/mol. The molecule has 21 heavy (non-hydrogen) atoms. The van der Waals surface area contributed by atoms with Crippen LogP contribution < -0.4 is 11.2 Å². The van der Waals surface area contributed by atoms with Crippen LogP contribution in [0.5, 0.6) is 0 Å². The number of alkyl halides is 3. The van der Waals surface area contributed by atoms with Crippen molar-refractivity contribution in [1.29, 1.82) is 5.26 Å². The van der Waals surface area contributed by atoms with Gasteiger partial charge in [0.05, 0.1) is 12.1 Å². The molecule has 0 saturated heterocycles. The Labute approximate surface area is 115 Å². The molecule has 0 unspecified atom stereocenters. The number of furan rings is 1. The minimum Gasteiger partial charge on any atom is -0.469 e. The highest BCUT2D eigenvalue weighted by atomic mass is 19.4. The van der Waals surface area contributed by atoms with Gasteiger partial charge in [0, 0.05) is 11.8 Å². The van der Waals surface area contributed by atoms with Gasteiger partial charge in [-0.3, -0.25) is 9.36 Å². The van der Waals surface area contributed by atoms with E-state index in [1.165, 1.54) is 6.92 Å². The van der Waals surface area contributed by atoms with Gasteiger partial charge in [-0.2, -0.15) is 18.4 Å². The normalized spacial score (nSPS) is 11.4. The Bertz CT molecular complexity index is 836. The van der Waals surface area contributed by atoms with Crippen LogP contribution in [-0.2, 0) is 12.7 Å². The smallest absolute Gasteiger partial charge is 0.419 e. The topological polar surface area (TPSA) is 91.8 Å². The van der Waals surface area contributed by atoms with E-state index in [0.29, 0.717) is 10.8 Å². The molecule has 0 aromatic carbocycles. The molecule has 6 nitrogen and oxygen atoms in total. The van der Waals surface area contributed by atoms with E-state index in [2.05, 4.69) is 4.98 Å². The van der Waals surface area contributed by atoms with Gasteiger partial charge in [-0.05, 0) is 6.92 Å². The number of halogens is 3. The van der Waals surface area contributed by atoms with Crippen molar-refractivity contribution in [2.24, 2.45) is 0 Å². The van der Waals surface area contributed by atoms with Crippen LogP contribution in [0.4, 0.5) is 13.2 Å². The number of hydrogen-bond donors (Lipinski definition) is 1. The quantitative estimate of drug-likeness (QED) is 0.906. The molecule has 1 N–H and O–H groups in total. The van der Waals surface area contributed by atoms with Crippen molar-refractivity contribution in [3.8, 4) is 6.07 Å². The number of nitrogens with zero attached hydrogens (tertiary/aromatic N) is 2. The molecule has 0 bridgehead atoms. The van der Waals surface area contributed by atoms with Crippen LogP contribution in [0.15, 0.2) is 26.5 Å². The first-order chi connectivity index (χ1) is 9.75. The molecule has 9 heteroatoms. The van der Waals surface area contributed by atoms with Crippen molar-refractivity contribution in [3.05, 3.63) is 55.7 Å². The Morgan fingerprint density at radius 2 is 2.10 bits per heavy atom. The van der Waals surface area contributed by atoms with Crippen LogP contribution in [0.25, 0.3) is 0 Å². The highest BCUT2D eigenvalue weighted by molar-refractivity contribution is 5.31. The van der Waals surface area contributed by atoms with E-state index in [-0.39, 0.29) is 16.9 Å². The third kappa shape index (κ3) is 2.60. The molecule has 0 aliphatic heterocycles. The molecule has 0 aliphatic rings. The fourth-order valence-electron chi connectivity index (χ4n) is 1.81. The average molecular weight is 299 g/mol. The standard InChI is InChI=1S/C12H8F3N3O3/c1-6-8(9(5-21-6)12(13,14)15)4-18-10(19)7(2-16)3-17-11(18)20/h3,5H,4H2,1H3,(H,17,20). The molecule has 0 spiro atoms. The summed E-state index contributed by atoms with van der Waals surface area (Å²) >= 11 is 0. The molecular weight excluding hydrogens is 291 g/mol. The van der Waals surface area contributed by atoms with Crippen LogP contribution >= 0.6 is 0 Å². The third-order valence-corrected chi connectivity index (χ3v) is 2.91. The zero-order valence-electron chi connectivity index (χ0n) is 10.6. The maximum absolute atomic E-state index is 12.8. The van der Waals surface area contributed by atoms with E-state index in [1.54, 1.807) is 6.07 Å². The minimum absolute atomic E-state index is 0.0593. The molecule has 0 radical (unpaired) electrons. The van der Waals surface area contributed by atoms with E-state index >= 15 is 0 Å². The first kappa shape index (κ1) is 14.6. The predicted molar refractivity (Wildman–Crippen MR) is 63.6 cm³/mol. The maximum atomic E-state index is 12.8. The highest BCUT2D eigenvalue weighted by Gasteiger charge is 2.36. The van der Waals surface area contributed by atoms with Gasteiger partial charge in [0.25, 0.3) is 5.56 Å². The van der Waals surface area contributed by atoms with E-state index in [9.17, 15) is 22.8 Å². The molecule has 2 aromatic rings. The van der Waals surface area contributed by atoms with Gasteiger partial charge < -0.3 is 9.40 Å². The second kappa shape index (κ2) is 4.97. The first-order valence-electron chi connectivity index (χ1n) is 5.62. The maximum Gasteiger partial charge on any atom is 0.419 e. The summed E-state index contributed by atoms with van der Waals surface area (Å²) in [5.74, 6) is -0.0593. The fourth-order valence-corrected chi connectivity index (χ4v) is 1.81. The lowest BCUT2D eigenvalue weighted by molar-refractivity contribution is -0.138. The fraction of sp³-hybridized carbons (Fsp3) is 0.250. The Morgan fingerprint density at radius 1 is 1.43 bits per heavy atom. The average Bonchev–Trinajstić information content (AvgIpc) is 2.76. The SMILES string of the molecule is Cc1occ(C(F)(F)F)c1Cn1c(=O)[nH]cc(C#N)c1=O. The van der Waals surface area contributed by atoms with Gasteiger partial charge in [0.15, 0.2) is 0 Å².